The van der Waals surface area contributed by atoms with Crippen LogP contribution in [0.25, 0.3) is 0 Å². The van der Waals surface area contributed by atoms with Crippen LogP contribution in [-0.4, -0.2) is 64.7 Å². The van der Waals surface area contributed by atoms with Gasteiger partial charge in [0, 0.05) is 44.0 Å². The number of aromatic amines is 1. The molecule has 0 spiro atoms. The average Bonchev–Trinajstić information content (AvgIpc) is 3.03. The zero-order chi connectivity index (χ0) is 18.0. The van der Waals surface area contributed by atoms with E-state index in [1.807, 2.05) is 24.8 Å². The molecule has 2 saturated heterocycles. The molecule has 0 saturated carbocycles. The number of nitrogens with one attached hydrogen (secondary N) is 2. The van der Waals surface area contributed by atoms with Crippen LogP contribution in [-0.2, 0) is 20.8 Å². The lowest BCUT2D eigenvalue weighted by Crippen LogP contribution is -2.46. The summed E-state index contributed by atoms with van der Waals surface area (Å²) in [6.07, 6.45) is 2.15. The van der Waals surface area contributed by atoms with Gasteiger partial charge in [-0.15, -0.1) is 0 Å². The average molecular weight is 346 g/mol. The molecule has 2 aliphatic rings. The van der Waals surface area contributed by atoms with Crippen molar-refractivity contribution in [1.29, 1.82) is 0 Å². The molecule has 0 radical (unpaired) electrons. The second-order valence-corrected chi connectivity index (χ2v) is 7.00. The summed E-state index contributed by atoms with van der Waals surface area (Å²) < 4.78 is 0. The first-order valence-corrected chi connectivity index (χ1v) is 8.95. The lowest BCUT2D eigenvalue weighted by molar-refractivity contribution is -0.135. The first-order valence-electron chi connectivity index (χ1n) is 8.95. The smallest absolute Gasteiger partial charge is 0.245 e. The summed E-state index contributed by atoms with van der Waals surface area (Å²) in [7, 11) is 0. The fourth-order valence-corrected chi connectivity index (χ4v) is 3.65. The van der Waals surface area contributed by atoms with Crippen LogP contribution in [0.4, 0.5) is 0 Å². The van der Waals surface area contributed by atoms with E-state index in [1.54, 1.807) is 4.90 Å². The molecule has 7 nitrogen and oxygen atoms in total. The highest BCUT2D eigenvalue weighted by molar-refractivity contribution is 5.90. The maximum absolute atomic E-state index is 12.6. The lowest BCUT2D eigenvalue weighted by Gasteiger charge is -2.24. The van der Waals surface area contributed by atoms with Crippen LogP contribution in [0, 0.1) is 13.8 Å². The summed E-state index contributed by atoms with van der Waals surface area (Å²) in [5, 5.41) is 2.73. The van der Waals surface area contributed by atoms with Gasteiger partial charge in [-0.1, -0.05) is 0 Å². The summed E-state index contributed by atoms with van der Waals surface area (Å²) in [4.78, 5) is 43.3. The molecule has 0 aromatic carbocycles. The van der Waals surface area contributed by atoms with Gasteiger partial charge >= 0.3 is 0 Å². The van der Waals surface area contributed by atoms with Gasteiger partial charge in [-0.05, 0) is 38.3 Å². The molecule has 2 fully saturated rings. The van der Waals surface area contributed by atoms with Gasteiger partial charge < -0.3 is 20.1 Å². The third kappa shape index (κ3) is 4.03. The third-order valence-corrected chi connectivity index (χ3v) is 5.05. The highest BCUT2D eigenvalue weighted by atomic mass is 16.2. The van der Waals surface area contributed by atoms with Crippen molar-refractivity contribution in [1.82, 2.24) is 20.1 Å². The van der Waals surface area contributed by atoms with E-state index in [0.29, 0.717) is 45.4 Å². The van der Waals surface area contributed by atoms with E-state index in [1.165, 1.54) is 0 Å². The molecule has 1 atom stereocenters. The number of amides is 3. The predicted molar refractivity (Wildman–Crippen MR) is 92.9 cm³/mol. The standard InChI is InChI=1S/C18H26N4O3/c1-12-10-14(13(2)19-12)11-17(24)21-6-3-7-22(9-8-21)18(25)15-4-5-16(23)20-15/h10,15,19H,3-9,11H2,1-2H3,(H,20,23). The fourth-order valence-electron chi connectivity index (χ4n) is 3.65. The second kappa shape index (κ2) is 7.29. The second-order valence-electron chi connectivity index (χ2n) is 7.00. The van der Waals surface area contributed by atoms with Crippen molar-refractivity contribution < 1.29 is 14.4 Å². The van der Waals surface area contributed by atoms with Crippen molar-refractivity contribution >= 4 is 17.7 Å². The fraction of sp³-hybridized carbons (Fsp3) is 0.611. The number of carbonyl (C=O) groups is 3. The highest BCUT2D eigenvalue weighted by Gasteiger charge is 2.32. The first kappa shape index (κ1) is 17.5. The van der Waals surface area contributed by atoms with Crippen LogP contribution in [0.1, 0.15) is 36.2 Å². The zero-order valence-corrected chi connectivity index (χ0v) is 14.9. The molecule has 3 heterocycles. The number of hydrogen-bond donors (Lipinski definition) is 2. The minimum absolute atomic E-state index is 0.0164. The van der Waals surface area contributed by atoms with E-state index in [2.05, 4.69) is 10.3 Å². The van der Waals surface area contributed by atoms with E-state index in [4.69, 9.17) is 0 Å². The highest BCUT2D eigenvalue weighted by Crippen LogP contribution is 2.15. The number of hydrogen-bond acceptors (Lipinski definition) is 3. The molecule has 3 rings (SSSR count). The number of nitrogens with zero attached hydrogens (tertiary/aromatic N) is 2. The molecule has 2 N–H and O–H groups in total. The molecule has 1 aromatic heterocycles. The summed E-state index contributed by atoms with van der Waals surface area (Å²) in [6, 6.07) is 1.63. The lowest BCUT2D eigenvalue weighted by atomic mass is 10.1. The van der Waals surface area contributed by atoms with Crippen LogP contribution in [0.15, 0.2) is 6.07 Å². The Morgan fingerprint density at radius 3 is 2.52 bits per heavy atom. The Labute approximate surface area is 147 Å². The minimum atomic E-state index is -0.389. The maximum Gasteiger partial charge on any atom is 0.245 e. The molecule has 1 aromatic rings. The Kier molecular flexibility index (Phi) is 5.11. The first-order chi connectivity index (χ1) is 11.9. The number of aromatic nitrogens is 1. The number of carbonyl (C=O) groups excluding carboxylic acids is 3. The topological polar surface area (TPSA) is 85.5 Å². The molecule has 1 unspecified atom stereocenters. The largest absolute Gasteiger partial charge is 0.362 e. The Morgan fingerprint density at radius 1 is 1.16 bits per heavy atom. The Morgan fingerprint density at radius 2 is 1.88 bits per heavy atom. The van der Waals surface area contributed by atoms with Crippen molar-refractivity contribution in [2.24, 2.45) is 0 Å². The van der Waals surface area contributed by atoms with E-state index >= 15 is 0 Å². The van der Waals surface area contributed by atoms with Gasteiger partial charge in [-0.2, -0.15) is 0 Å². The minimum Gasteiger partial charge on any atom is -0.362 e. The van der Waals surface area contributed by atoms with E-state index in [0.717, 1.165) is 23.4 Å². The summed E-state index contributed by atoms with van der Waals surface area (Å²) in [5.41, 5.74) is 3.13. The summed E-state index contributed by atoms with van der Waals surface area (Å²) in [5.74, 6) is 0.0324. The van der Waals surface area contributed by atoms with Crippen LogP contribution in [0.2, 0.25) is 0 Å². The molecular formula is C18H26N4O3. The molecule has 136 valence electrons. The predicted octanol–water partition coefficient (Wildman–Crippen LogP) is 0.514. The van der Waals surface area contributed by atoms with E-state index < -0.39 is 0 Å². The van der Waals surface area contributed by atoms with Gasteiger partial charge in [0.25, 0.3) is 0 Å². The van der Waals surface area contributed by atoms with Crippen molar-refractivity contribution in [3.8, 4) is 0 Å². The van der Waals surface area contributed by atoms with Crippen molar-refractivity contribution in [3.05, 3.63) is 23.0 Å². The Hall–Kier alpha value is -2.31. The monoisotopic (exact) mass is 346 g/mol. The molecule has 0 aliphatic carbocycles. The van der Waals surface area contributed by atoms with Gasteiger partial charge in [0.1, 0.15) is 6.04 Å². The summed E-state index contributed by atoms with van der Waals surface area (Å²) in [6.45, 7) is 6.35. The van der Waals surface area contributed by atoms with Crippen molar-refractivity contribution in [2.45, 2.75) is 45.6 Å². The quantitative estimate of drug-likeness (QED) is 0.836. The SMILES string of the molecule is Cc1cc(CC(=O)N2CCCN(C(=O)C3CCC(=O)N3)CC2)c(C)[nH]1. The molecule has 7 heteroatoms. The van der Waals surface area contributed by atoms with Gasteiger partial charge in [0.05, 0.1) is 6.42 Å². The van der Waals surface area contributed by atoms with Crippen molar-refractivity contribution in [2.75, 3.05) is 26.2 Å². The molecular weight excluding hydrogens is 320 g/mol. The normalized spacial score (nSPS) is 21.2. The van der Waals surface area contributed by atoms with Gasteiger partial charge in [-0.25, -0.2) is 0 Å². The summed E-state index contributed by atoms with van der Waals surface area (Å²) >= 11 is 0. The van der Waals surface area contributed by atoms with E-state index in [9.17, 15) is 14.4 Å². The number of H-pyrrole nitrogens is 1. The Bertz CT molecular complexity index is 682. The Balaban J connectivity index is 1.55. The van der Waals surface area contributed by atoms with Crippen LogP contribution < -0.4 is 5.32 Å². The van der Waals surface area contributed by atoms with Gasteiger partial charge in [-0.3, -0.25) is 14.4 Å². The van der Waals surface area contributed by atoms with Crippen molar-refractivity contribution in [3.63, 3.8) is 0 Å². The van der Waals surface area contributed by atoms with Gasteiger partial charge in [0.15, 0.2) is 0 Å². The van der Waals surface area contributed by atoms with Crippen LogP contribution in [0.5, 0.6) is 0 Å². The molecule has 25 heavy (non-hydrogen) atoms. The maximum atomic E-state index is 12.6. The zero-order valence-electron chi connectivity index (χ0n) is 14.9. The number of aryl methyl sites for hydroxylation is 2. The van der Waals surface area contributed by atoms with Gasteiger partial charge in [0.2, 0.25) is 17.7 Å². The van der Waals surface area contributed by atoms with E-state index in [-0.39, 0.29) is 23.8 Å². The number of rotatable bonds is 3. The molecule has 0 bridgehead atoms. The molecule has 3 amide bonds. The molecule has 2 aliphatic heterocycles. The third-order valence-electron chi connectivity index (χ3n) is 5.05. The van der Waals surface area contributed by atoms with Crippen LogP contribution in [0.3, 0.4) is 0 Å². The van der Waals surface area contributed by atoms with Crippen LogP contribution >= 0.6 is 0 Å².